The van der Waals surface area contributed by atoms with Crippen molar-refractivity contribution in [1.29, 1.82) is 0 Å². The predicted octanol–water partition coefficient (Wildman–Crippen LogP) is 5.36. The third-order valence-electron chi connectivity index (χ3n) is 8.31. The molecule has 41 heavy (non-hydrogen) atoms. The summed E-state index contributed by atoms with van der Waals surface area (Å²) in [5.41, 5.74) is 4.20. The topological polar surface area (TPSA) is 92.7 Å². The number of nitrogens with one attached hydrogen (secondary N) is 2. The van der Waals surface area contributed by atoms with Gasteiger partial charge < -0.3 is 25.2 Å². The first-order chi connectivity index (χ1) is 20.0. The number of ether oxygens (including phenoxy) is 2. The summed E-state index contributed by atoms with van der Waals surface area (Å²) in [7, 11) is 0. The molecule has 3 atom stereocenters. The molecule has 0 saturated heterocycles. The molecule has 3 aromatic carbocycles. The number of para-hydroxylation sites is 1. The highest BCUT2D eigenvalue weighted by Crippen LogP contribution is 2.49. The lowest BCUT2D eigenvalue weighted by Gasteiger charge is -2.48. The second-order valence-corrected chi connectivity index (χ2v) is 12.2. The second-order valence-electron chi connectivity index (χ2n) is 11.2. The average Bonchev–Trinajstić information content (AvgIpc) is 3.41. The zero-order chi connectivity index (χ0) is 28.2. The smallest absolute Gasteiger partial charge is 0.274 e. The Balaban J connectivity index is 1.13. The maximum Gasteiger partial charge on any atom is 0.274 e. The van der Waals surface area contributed by atoms with E-state index in [-0.39, 0.29) is 24.2 Å². The van der Waals surface area contributed by atoms with Gasteiger partial charge in [0.15, 0.2) is 6.61 Å². The molecule has 2 aliphatic rings. The van der Waals surface area contributed by atoms with Crippen molar-refractivity contribution in [3.63, 3.8) is 0 Å². The molecule has 1 spiro atoms. The van der Waals surface area contributed by atoms with Gasteiger partial charge >= 0.3 is 0 Å². The molecule has 2 heterocycles. The Morgan fingerprint density at radius 1 is 1.12 bits per heavy atom. The number of rotatable bonds is 11. The third-order valence-corrected chi connectivity index (χ3v) is 9.26. The van der Waals surface area contributed by atoms with E-state index in [9.17, 15) is 9.90 Å². The van der Waals surface area contributed by atoms with Gasteiger partial charge in [0, 0.05) is 24.6 Å². The molecule has 1 amide bonds. The first-order valence-electron chi connectivity index (χ1n) is 14.6. The van der Waals surface area contributed by atoms with Gasteiger partial charge in [0.2, 0.25) is 0 Å². The number of nitrogens with zero attached hydrogens (tertiary/aromatic N) is 1. The minimum absolute atomic E-state index is 0.0793. The average molecular weight is 572 g/mol. The Kier molecular flexibility index (Phi) is 8.23. The standard InChI is InChI=1S/C33H37N3O4S/c1-2-22-13-14-29-24(17-22)27(19-33(40-29)15-8-16-33)34-20-28(37)26(18-23-9-4-3-5-10-23)35-31(38)21-39-32-36-25-11-6-7-12-30(25)41-32/h3-7,9-14,17,26-28,34,37H,2,8,15-16,18-21H2,1H3,(H,35,38)/t26-,27-,28+/m0/s1. The van der Waals surface area contributed by atoms with Gasteiger partial charge in [-0.1, -0.05) is 72.9 Å². The number of aryl methyl sites for hydroxylation is 1. The monoisotopic (exact) mass is 571 g/mol. The van der Waals surface area contributed by atoms with Gasteiger partial charge in [-0.2, -0.15) is 0 Å². The minimum atomic E-state index is -0.806. The zero-order valence-electron chi connectivity index (χ0n) is 23.3. The number of aliphatic hydroxyl groups is 1. The first kappa shape index (κ1) is 27.7. The van der Waals surface area contributed by atoms with Crippen LogP contribution in [0.3, 0.4) is 0 Å². The van der Waals surface area contributed by atoms with Crippen LogP contribution in [0.25, 0.3) is 10.2 Å². The molecule has 1 aliphatic heterocycles. The van der Waals surface area contributed by atoms with E-state index in [1.54, 1.807) is 0 Å². The molecule has 0 bridgehead atoms. The van der Waals surface area contributed by atoms with E-state index in [1.165, 1.54) is 23.3 Å². The van der Waals surface area contributed by atoms with Gasteiger partial charge in [-0.05, 0) is 61.4 Å². The number of aromatic nitrogens is 1. The maximum atomic E-state index is 13.0. The molecule has 4 aromatic rings. The summed E-state index contributed by atoms with van der Waals surface area (Å²) >= 11 is 1.41. The normalized spacial score (nSPS) is 18.6. The Labute approximate surface area is 244 Å². The van der Waals surface area contributed by atoms with Crippen LogP contribution in [0.4, 0.5) is 0 Å². The number of fused-ring (bicyclic) bond motifs is 2. The number of amides is 1. The van der Waals surface area contributed by atoms with E-state index >= 15 is 0 Å². The molecule has 8 heteroatoms. The number of aliphatic hydroxyl groups excluding tert-OH is 1. The fourth-order valence-electron chi connectivity index (χ4n) is 5.84. The van der Waals surface area contributed by atoms with Crippen molar-refractivity contribution in [2.45, 2.75) is 69.2 Å². The van der Waals surface area contributed by atoms with Crippen LogP contribution in [0, 0.1) is 0 Å². The van der Waals surface area contributed by atoms with Crippen LogP contribution in [-0.4, -0.2) is 46.9 Å². The van der Waals surface area contributed by atoms with Crippen LogP contribution in [0.2, 0.25) is 0 Å². The quantitative estimate of drug-likeness (QED) is 0.224. The lowest BCUT2D eigenvalue weighted by molar-refractivity contribution is -0.124. The van der Waals surface area contributed by atoms with E-state index in [4.69, 9.17) is 9.47 Å². The minimum Gasteiger partial charge on any atom is -0.487 e. The number of carbonyl (C=O) groups is 1. The van der Waals surface area contributed by atoms with Gasteiger partial charge in [0.1, 0.15) is 11.4 Å². The van der Waals surface area contributed by atoms with E-state index < -0.39 is 12.1 Å². The van der Waals surface area contributed by atoms with Crippen molar-refractivity contribution in [1.82, 2.24) is 15.6 Å². The van der Waals surface area contributed by atoms with Crippen molar-refractivity contribution in [3.8, 4) is 10.9 Å². The van der Waals surface area contributed by atoms with Crippen LogP contribution in [0.5, 0.6) is 10.9 Å². The Morgan fingerprint density at radius 2 is 1.93 bits per heavy atom. The summed E-state index contributed by atoms with van der Waals surface area (Å²) in [6.45, 7) is 2.33. The molecular formula is C33H37N3O4S. The SMILES string of the molecule is CCc1ccc2c(c1)[C@@H](NC[C@@H](O)[C@H](Cc1ccccc1)NC(=O)COc1nc3ccccc3s1)CC1(CCC1)O2. The van der Waals surface area contributed by atoms with Crippen molar-refractivity contribution in [2.75, 3.05) is 13.2 Å². The van der Waals surface area contributed by atoms with Crippen LogP contribution in [0.1, 0.15) is 55.3 Å². The van der Waals surface area contributed by atoms with Crippen LogP contribution in [-0.2, 0) is 17.6 Å². The van der Waals surface area contributed by atoms with Crippen molar-refractivity contribution in [2.24, 2.45) is 0 Å². The van der Waals surface area contributed by atoms with Crippen molar-refractivity contribution >= 4 is 27.5 Å². The largest absolute Gasteiger partial charge is 0.487 e. The van der Waals surface area contributed by atoms with E-state index in [2.05, 4.69) is 40.7 Å². The molecule has 7 nitrogen and oxygen atoms in total. The highest BCUT2D eigenvalue weighted by atomic mass is 32.1. The summed E-state index contributed by atoms with van der Waals surface area (Å²) in [4.78, 5) is 17.4. The van der Waals surface area contributed by atoms with Gasteiger partial charge in [0.25, 0.3) is 11.1 Å². The van der Waals surface area contributed by atoms with Crippen molar-refractivity contribution in [3.05, 3.63) is 89.5 Å². The number of benzene rings is 3. The van der Waals surface area contributed by atoms with Crippen LogP contribution < -0.4 is 20.1 Å². The summed E-state index contributed by atoms with van der Waals surface area (Å²) in [6.07, 6.45) is 4.84. The van der Waals surface area contributed by atoms with Crippen LogP contribution in [0.15, 0.2) is 72.8 Å². The molecule has 6 rings (SSSR count). The molecule has 3 N–H and O–H groups in total. The predicted molar refractivity (Wildman–Crippen MR) is 162 cm³/mol. The number of hydrogen-bond donors (Lipinski definition) is 3. The van der Waals surface area contributed by atoms with E-state index in [0.29, 0.717) is 18.2 Å². The Hall–Kier alpha value is -3.46. The lowest BCUT2D eigenvalue weighted by Crippen LogP contribution is -2.52. The van der Waals surface area contributed by atoms with Gasteiger partial charge in [0.05, 0.1) is 22.4 Å². The first-order valence-corrected chi connectivity index (χ1v) is 15.4. The second kappa shape index (κ2) is 12.2. The van der Waals surface area contributed by atoms with Crippen molar-refractivity contribution < 1.29 is 19.4 Å². The highest BCUT2D eigenvalue weighted by Gasteiger charge is 2.45. The molecule has 214 valence electrons. The lowest BCUT2D eigenvalue weighted by atomic mass is 9.72. The molecule has 0 radical (unpaired) electrons. The molecule has 1 aliphatic carbocycles. The van der Waals surface area contributed by atoms with Gasteiger partial charge in [-0.25, -0.2) is 4.98 Å². The summed E-state index contributed by atoms with van der Waals surface area (Å²) in [5.74, 6) is 0.655. The fraction of sp³-hybridized carbons (Fsp3) is 0.394. The summed E-state index contributed by atoms with van der Waals surface area (Å²) in [5, 5.41) is 18.6. The van der Waals surface area contributed by atoms with Crippen LogP contribution >= 0.6 is 11.3 Å². The summed E-state index contributed by atoms with van der Waals surface area (Å²) in [6, 6.07) is 23.8. The number of thiazole rings is 1. The Bertz CT molecular complexity index is 1450. The highest BCUT2D eigenvalue weighted by molar-refractivity contribution is 7.20. The van der Waals surface area contributed by atoms with E-state index in [1.807, 2.05) is 54.6 Å². The molecule has 1 fully saturated rings. The zero-order valence-corrected chi connectivity index (χ0v) is 24.2. The number of carbonyl (C=O) groups excluding carboxylic acids is 1. The number of hydrogen-bond acceptors (Lipinski definition) is 7. The molecular weight excluding hydrogens is 534 g/mol. The van der Waals surface area contributed by atoms with Gasteiger partial charge in [-0.15, -0.1) is 0 Å². The molecule has 0 unspecified atom stereocenters. The molecule has 1 aromatic heterocycles. The molecule has 1 saturated carbocycles. The fourth-order valence-corrected chi connectivity index (χ4v) is 6.66. The third kappa shape index (κ3) is 6.40. The van der Waals surface area contributed by atoms with Gasteiger partial charge in [-0.3, -0.25) is 4.79 Å². The van der Waals surface area contributed by atoms with E-state index in [0.717, 1.165) is 52.8 Å². The Morgan fingerprint density at radius 3 is 2.68 bits per heavy atom. The summed E-state index contributed by atoms with van der Waals surface area (Å²) < 4.78 is 13.2. The maximum absolute atomic E-state index is 13.0.